The molecular weight excluding hydrogens is 244 g/mol. The van der Waals surface area contributed by atoms with Crippen LogP contribution in [0.25, 0.3) is 0 Å². The van der Waals surface area contributed by atoms with Crippen LogP contribution in [0.15, 0.2) is 0 Å². The highest BCUT2D eigenvalue weighted by atomic mass is 32.1. The van der Waals surface area contributed by atoms with Crippen molar-refractivity contribution in [1.82, 2.24) is 4.98 Å². The molecular formula is C14H24N2OS. The third-order valence-corrected chi connectivity index (χ3v) is 5.34. The van der Waals surface area contributed by atoms with E-state index in [9.17, 15) is 0 Å². The second kappa shape index (κ2) is 5.68. The van der Waals surface area contributed by atoms with Crippen LogP contribution >= 0.6 is 11.3 Å². The molecule has 1 fully saturated rings. The average molecular weight is 268 g/mol. The minimum Gasteiger partial charge on any atom is -0.368 e. The Morgan fingerprint density at radius 3 is 2.61 bits per heavy atom. The molecule has 0 aromatic carbocycles. The van der Waals surface area contributed by atoms with E-state index >= 15 is 0 Å². The number of hydrogen-bond donors (Lipinski definition) is 1. The summed E-state index contributed by atoms with van der Waals surface area (Å²) in [6, 6.07) is 0. The largest absolute Gasteiger partial charge is 0.368 e. The minimum absolute atomic E-state index is 0.135. The Hall–Kier alpha value is -0.450. The molecule has 4 heteroatoms. The molecule has 0 amide bonds. The van der Waals surface area contributed by atoms with Crippen LogP contribution in [0.2, 0.25) is 0 Å². The summed E-state index contributed by atoms with van der Waals surface area (Å²) >= 11 is 1.74. The van der Waals surface area contributed by atoms with Crippen LogP contribution in [0.4, 0.5) is 0 Å². The van der Waals surface area contributed by atoms with E-state index in [2.05, 4.69) is 13.8 Å². The van der Waals surface area contributed by atoms with Gasteiger partial charge in [0.15, 0.2) is 0 Å². The van der Waals surface area contributed by atoms with Gasteiger partial charge < -0.3 is 10.5 Å². The van der Waals surface area contributed by atoms with Gasteiger partial charge in [0, 0.05) is 18.0 Å². The van der Waals surface area contributed by atoms with Crippen molar-refractivity contribution >= 4 is 11.3 Å². The van der Waals surface area contributed by atoms with Gasteiger partial charge in [-0.15, -0.1) is 11.3 Å². The van der Waals surface area contributed by atoms with Gasteiger partial charge in [-0.25, -0.2) is 4.98 Å². The van der Waals surface area contributed by atoms with Gasteiger partial charge >= 0.3 is 0 Å². The fourth-order valence-electron chi connectivity index (χ4n) is 2.74. The quantitative estimate of drug-likeness (QED) is 0.911. The molecule has 0 aliphatic heterocycles. The summed E-state index contributed by atoms with van der Waals surface area (Å²) in [5.41, 5.74) is 6.71. The standard InChI is InChI=1S/C14H24N2OS/c1-4-17-14(7-5-10(2)6-8-14)13-16-11(3)12(9-15)18-13/h10H,4-9,15H2,1-3H3. The topological polar surface area (TPSA) is 48.1 Å². The van der Waals surface area contributed by atoms with Crippen molar-refractivity contribution in [3.05, 3.63) is 15.6 Å². The lowest BCUT2D eigenvalue weighted by atomic mass is 9.79. The number of rotatable bonds is 4. The van der Waals surface area contributed by atoms with E-state index in [1.807, 2.05) is 6.92 Å². The first-order valence-electron chi connectivity index (χ1n) is 6.92. The summed E-state index contributed by atoms with van der Waals surface area (Å²) in [5.74, 6) is 0.814. The van der Waals surface area contributed by atoms with Crippen molar-refractivity contribution in [2.45, 2.75) is 58.6 Å². The summed E-state index contributed by atoms with van der Waals surface area (Å²) in [5, 5.41) is 1.15. The molecule has 18 heavy (non-hydrogen) atoms. The normalized spacial score (nSPS) is 28.6. The first-order chi connectivity index (χ1) is 8.61. The van der Waals surface area contributed by atoms with Crippen LogP contribution in [-0.2, 0) is 16.9 Å². The van der Waals surface area contributed by atoms with Crippen LogP contribution in [0.3, 0.4) is 0 Å². The monoisotopic (exact) mass is 268 g/mol. The molecule has 1 saturated carbocycles. The number of nitrogens with zero attached hydrogens (tertiary/aromatic N) is 1. The van der Waals surface area contributed by atoms with Crippen LogP contribution in [0, 0.1) is 12.8 Å². The summed E-state index contributed by atoms with van der Waals surface area (Å²) in [6.07, 6.45) is 4.66. The molecule has 2 rings (SSSR count). The van der Waals surface area contributed by atoms with Crippen molar-refractivity contribution in [2.75, 3.05) is 6.61 Å². The van der Waals surface area contributed by atoms with E-state index in [1.54, 1.807) is 11.3 Å². The van der Waals surface area contributed by atoms with E-state index in [0.717, 1.165) is 36.1 Å². The number of aryl methyl sites for hydroxylation is 1. The van der Waals surface area contributed by atoms with Gasteiger partial charge in [0.2, 0.25) is 0 Å². The molecule has 1 heterocycles. The predicted octanol–water partition coefficient (Wildman–Crippen LogP) is 3.35. The van der Waals surface area contributed by atoms with Gasteiger partial charge in [0.25, 0.3) is 0 Å². The molecule has 1 aromatic rings. The maximum absolute atomic E-state index is 6.12. The van der Waals surface area contributed by atoms with Gasteiger partial charge in [-0.1, -0.05) is 6.92 Å². The third-order valence-electron chi connectivity index (χ3n) is 3.97. The number of nitrogens with two attached hydrogens (primary N) is 1. The van der Waals surface area contributed by atoms with Crippen molar-refractivity contribution in [1.29, 1.82) is 0 Å². The Bertz CT molecular complexity index is 394. The molecule has 3 nitrogen and oxygen atoms in total. The number of hydrogen-bond acceptors (Lipinski definition) is 4. The van der Waals surface area contributed by atoms with Crippen LogP contribution in [0.5, 0.6) is 0 Å². The molecule has 1 aliphatic rings. The Labute approximate surface area is 114 Å². The van der Waals surface area contributed by atoms with Gasteiger partial charge in [-0.3, -0.25) is 0 Å². The van der Waals surface area contributed by atoms with E-state index in [1.165, 1.54) is 17.7 Å². The molecule has 0 atom stereocenters. The van der Waals surface area contributed by atoms with Crippen molar-refractivity contribution in [3.8, 4) is 0 Å². The molecule has 102 valence electrons. The highest BCUT2D eigenvalue weighted by Crippen LogP contribution is 2.44. The maximum atomic E-state index is 6.12. The fourth-order valence-corrected chi connectivity index (χ4v) is 3.88. The van der Waals surface area contributed by atoms with Crippen LogP contribution in [0.1, 0.15) is 55.1 Å². The molecule has 0 unspecified atom stereocenters. The summed E-state index contributed by atoms with van der Waals surface area (Å²) in [7, 11) is 0. The Morgan fingerprint density at radius 1 is 1.44 bits per heavy atom. The minimum atomic E-state index is -0.135. The molecule has 0 bridgehead atoms. The fraction of sp³-hybridized carbons (Fsp3) is 0.786. The highest BCUT2D eigenvalue weighted by Gasteiger charge is 2.39. The number of aromatic nitrogens is 1. The lowest BCUT2D eigenvalue weighted by Crippen LogP contribution is -2.34. The summed E-state index contributed by atoms with van der Waals surface area (Å²) in [6.45, 7) is 7.79. The van der Waals surface area contributed by atoms with Gasteiger partial charge in [-0.05, 0) is 45.4 Å². The zero-order valence-electron chi connectivity index (χ0n) is 11.7. The molecule has 0 saturated heterocycles. The lowest BCUT2D eigenvalue weighted by Gasteiger charge is -2.37. The SMILES string of the molecule is CCOC1(c2nc(C)c(CN)s2)CCC(C)CC1. The van der Waals surface area contributed by atoms with E-state index in [0.29, 0.717) is 6.54 Å². The van der Waals surface area contributed by atoms with Crippen molar-refractivity contribution in [3.63, 3.8) is 0 Å². The van der Waals surface area contributed by atoms with E-state index in [-0.39, 0.29) is 5.60 Å². The molecule has 0 radical (unpaired) electrons. The summed E-state index contributed by atoms with van der Waals surface area (Å²) in [4.78, 5) is 5.93. The van der Waals surface area contributed by atoms with Gasteiger partial charge in [-0.2, -0.15) is 0 Å². The second-order valence-electron chi connectivity index (χ2n) is 5.34. The first-order valence-corrected chi connectivity index (χ1v) is 7.73. The van der Waals surface area contributed by atoms with Crippen molar-refractivity contribution < 1.29 is 4.74 Å². The molecule has 1 aromatic heterocycles. The molecule has 1 aliphatic carbocycles. The second-order valence-corrected chi connectivity index (χ2v) is 6.43. The Balaban J connectivity index is 2.28. The van der Waals surface area contributed by atoms with Crippen LogP contribution in [-0.4, -0.2) is 11.6 Å². The third kappa shape index (κ3) is 2.60. The van der Waals surface area contributed by atoms with E-state index < -0.39 is 0 Å². The average Bonchev–Trinajstić information content (AvgIpc) is 2.75. The van der Waals surface area contributed by atoms with Gasteiger partial charge in [0.1, 0.15) is 10.6 Å². The van der Waals surface area contributed by atoms with Gasteiger partial charge in [0.05, 0.1) is 5.69 Å². The molecule has 0 spiro atoms. The molecule has 2 N–H and O–H groups in total. The highest BCUT2D eigenvalue weighted by molar-refractivity contribution is 7.11. The zero-order chi connectivity index (χ0) is 13.2. The maximum Gasteiger partial charge on any atom is 0.125 e. The number of ether oxygens (including phenoxy) is 1. The van der Waals surface area contributed by atoms with E-state index in [4.69, 9.17) is 15.5 Å². The zero-order valence-corrected chi connectivity index (χ0v) is 12.5. The summed E-state index contributed by atoms with van der Waals surface area (Å²) < 4.78 is 6.12. The van der Waals surface area contributed by atoms with Crippen LogP contribution < -0.4 is 5.73 Å². The Kier molecular flexibility index (Phi) is 4.41. The Morgan fingerprint density at radius 2 is 2.11 bits per heavy atom. The smallest absolute Gasteiger partial charge is 0.125 e. The van der Waals surface area contributed by atoms with Crippen molar-refractivity contribution in [2.24, 2.45) is 11.7 Å². The lowest BCUT2D eigenvalue weighted by molar-refractivity contribution is -0.0776. The number of thiazole rings is 1. The predicted molar refractivity (Wildman–Crippen MR) is 75.7 cm³/mol. The first kappa shape index (κ1) is 14.0.